The highest BCUT2D eigenvalue weighted by atomic mass is 16.5. The summed E-state index contributed by atoms with van der Waals surface area (Å²) in [6, 6.07) is 3.14. The molecule has 1 aromatic carbocycles. The number of hydrogen-bond donors (Lipinski definition) is 2. The SMILES string of the molecule is COc1ccc(C)c(C=O)c1C(O)C(=O)O. The Bertz CT molecular complexity index is 425. The number of carboxylic acids is 1. The van der Waals surface area contributed by atoms with Gasteiger partial charge in [0.1, 0.15) is 5.75 Å². The summed E-state index contributed by atoms with van der Waals surface area (Å²) >= 11 is 0. The van der Waals surface area contributed by atoms with Crippen molar-refractivity contribution in [2.75, 3.05) is 7.11 Å². The monoisotopic (exact) mass is 224 g/mol. The predicted molar refractivity (Wildman–Crippen MR) is 55.7 cm³/mol. The highest BCUT2D eigenvalue weighted by molar-refractivity contribution is 5.86. The van der Waals surface area contributed by atoms with E-state index in [0.717, 1.165) is 0 Å². The zero-order valence-corrected chi connectivity index (χ0v) is 8.93. The molecule has 0 amide bonds. The number of carboxylic acid groups (broad SMARTS) is 1. The Morgan fingerprint density at radius 2 is 2.12 bits per heavy atom. The summed E-state index contributed by atoms with van der Waals surface area (Å²) in [5.74, 6) is -1.24. The van der Waals surface area contributed by atoms with E-state index in [1.807, 2.05) is 0 Å². The summed E-state index contributed by atoms with van der Waals surface area (Å²) in [5.41, 5.74) is 0.727. The fourth-order valence-corrected chi connectivity index (χ4v) is 1.47. The van der Waals surface area contributed by atoms with E-state index in [1.165, 1.54) is 13.2 Å². The molecule has 0 aliphatic carbocycles. The van der Waals surface area contributed by atoms with Crippen molar-refractivity contribution in [1.29, 1.82) is 0 Å². The van der Waals surface area contributed by atoms with E-state index in [2.05, 4.69) is 0 Å². The average molecular weight is 224 g/mol. The molecule has 1 rings (SSSR count). The predicted octanol–water partition coefficient (Wildman–Crippen LogP) is 0.934. The first kappa shape index (κ1) is 12.2. The van der Waals surface area contributed by atoms with E-state index in [9.17, 15) is 14.7 Å². The van der Waals surface area contributed by atoms with Crippen LogP contribution in [0.1, 0.15) is 27.6 Å². The molecule has 0 aromatic heterocycles. The van der Waals surface area contributed by atoms with Gasteiger partial charge in [-0.25, -0.2) is 4.79 Å². The second-order valence-electron chi connectivity index (χ2n) is 3.27. The van der Waals surface area contributed by atoms with Crippen LogP contribution >= 0.6 is 0 Å². The van der Waals surface area contributed by atoms with Gasteiger partial charge in [-0.05, 0) is 18.6 Å². The number of carbonyl (C=O) groups is 2. The van der Waals surface area contributed by atoms with Gasteiger partial charge in [0.15, 0.2) is 12.4 Å². The lowest BCUT2D eigenvalue weighted by Gasteiger charge is -2.15. The molecule has 86 valence electrons. The number of aliphatic hydroxyl groups is 1. The van der Waals surface area contributed by atoms with Gasteiger partial charge in [0.05, 0.1) is 7.11 Å². The second kappa shape index (κ2) is 4.76. The molecule has 0 heterocycles. The molecule has 0 saturated heterocycles. The zero-order chi connectivity index (χ0) is 12.3. The van der Waals surface area contributed by atoms with Crippen LogP contribution in [0.3, 0.4) is 0 Å². The average Bonchev–Trinajstić information content (AvgIpc) is 2.27. The minimum absolute atomic E-state index is 0.00926. The Morgan fingerprint density at radius 3 is 2.56 bits per heavy atom. The van der Waals surface area contributed by atoms with Gasteiger partial charge < -0.3 is 14.9 Å². The molecular formula is C11H12O5. The van der Waals surface area contributed by atoms with Crippen LogP contribution in [-0.4, -0.2) is 29.6 Å². The summed E-state index contributed by atoms with van der Waals surface area (Å²) in [7, 11) is 1.34. The lowest BCUT2D eigenvalue weighted by atomic mass is 9.97. The molecule has 1 unspecified atom stereocenters. The summed E-state index contributed by atoms with van der Waals surface area (Å²) in [6.45, 7) is 1.65. The maximum absolute atomic E-state index is 10.9. The number of aryl methyl sites for hydroxylation is 1. The van der Waals surface area contributed by atoms with Crippen molar-refractivity contribution in [3.05, 3.63) is 28.8 Å². The highest BCUT2D eigenvalue weighted by Crippen LogP contribution is 2.30. The van der Waals surface area contributed by atoms with Crippen molar-refractivity contribution in [2.45, 2.75) is 13.0 Å². The molecule has 5 nitrogen and oxygen atoms in total. The molecule has 1 atom stereocenters. The quantitative estimate of drug-likeness (QED) is 0.743. The number of hydrogen-bond acceptors (Lipinski definition) is 4. The third kappa shape index (κ3) is 2.04. The molecule has 0 aliphatic rings. The van der Waals surface area contributed by atoms with E-state index in [4.69, 9.17) is 9.84 Å². The van der Waals surface area contributed by atoms with Crippen LogP contribution in [0.5, 0.6) is 5.75 Å². The topological polar surface area (TPSA) is 83.8 Å². The molecule has 2 N–H and O–H groups in total. The van der Waals surface area contributed by atoms with Gasteiger partial charge in [0.25, 0.3) is 0 Å². The molecule has 0 bridgehead atoms. The molecule has 1 aromatic rings. The fraction of sp³-hybridized carbons (Fsp3) is 0.273. The standard InChI is InChI=1S/C11H12O5/c1-6-3-4-8(16-2)9(7(6)5-12)10(13)11(14)15/h3-5,10,13H,1-2H3,(H,14,15). The van der Waals surface area contributed by atoms with E-state index in [1.54, 1.807) is 13.0 Å². The van der Waals surface area contributed by atoms with Crippen molar-refractivity contribution >= 4 is 12.3 Å². The lowest BCUT2D eigenvalue weighted by Crippen LogP contribution is -2.14. The Kier molecular flexibility index (Phi) is 3.63. The van der Waals surface area contributed by atoms with Crippen LogP contribution < -0.4 is 4.74 Å². The number of rotatable bonds is 4. The van der Waals surface area contributed by atoms with E-state index in [0.29, 0.717) is 11.8 Å². The first-order chi connectivity index (χ1) is 7.52. The molecule has 0 aliphatic heterocycles. The third-order valence-electron chi connectivity index (χ3n) is 2.31. The summed E-state index contributed by atoms with van der Waals surface area (Å²) < 4.78 is 4.93. The fourth-order valence-electron chi connectivity index (χ4n) is 1.47. The Balaban J connectivity index is 3.47. The smallest absolute Gasteiger partial charge is 0.337 e. The number of benzene rings is 1. The largest absolute Gasteiger partial charge is 0.496 e. The first-order valence-electron chi connectivity index (χ1n) is 4.56. The molecule has 0 fully saturated rings. The van der Waals surface area contributed by atoms with Crippen LogP contribution in [0, 0.1) is 6.92 Å². The molecular weight excluding hydrogens is 212 g/mol. The van der Waals surface area contributed by atoms with Gasteiger partial charge >= 0.3 is 5.97 Å². The lowest BCUT2D eigenvalue weighted by molar-refractivity contribution is -0.147. The van der Waals surface area contributed by atoms with Crippen LogP contribution in [0.4, 0.5) is 0 Å². The Labute approximate surface area is 92.3 Å². The zero-order valence-electron chi connectivity index (χ0n) is 8.93. The minimum Gasteiger partial charge on any atom is -0.496 e. The van der Waals surface area contributed by atoms with E-state index in [-0.39, 0.29) is 16.9 Å². The van der Waals surface area contributed by atoms with Crippen molar-refractivity contribution in [2.24, 2.45) is 0 Å². The van der Waals surface area contributed by atoms with Gasteiger partial charge in [-0.15, -0.1) is 0 Å². The van der Waals surface area contributed by atoms with Gasteiger partial charge in [-0.2, -0.15) is 0 Å². The van der Waals surface area contributed by atoms with Crippen molar-refractivity contribution in [3.8, 4) is 5.75 Å². The first-order valence-corrected chi connectivity index (χ1v) is 4.56. The van der Waals surface area contributed by atoms with Crippen LogP contribution in [0.15, 0.2) is 12.1 Å². The van der Waals surface area contributed by atoms with E-state index < -0.39 is 12.1 Å². The van der Waals surface area contributed by atoms with E-state index >= 15 is 0 Å². The van der Waals surface area contributed by atoms with Gasteiger partial charge in [0, 0.05) is 11.1 Å². The summed E-state index contributed by atoms with van der Waals surface area (Å²) in [5, 5.41) is 18.3. The molecule has 5 heteroatoms. The third-order valence-corrected chi connectivity index (χ3v) is 2.31. The number of aliphatic hydroxyl groups excluding tert-OH is 1. The number of ether oxygens (including phenoxy) is 1. The molecule has 0 radical (unpaired) electrons. The molecule has 0 saturated carbocycles. The second-order valence-corrected chi connectivity index (χ2v) is 3.27. The number of aldehydes is 1. The van der Waals surface area contributed by atoms with Crippen LogP contribution in [0.25, 0.3) is 0 Å². The summed E-state index contributed by atoms with van der Waals surface area (Å²) in [4.78, 5) is 21.6. The van der Waals surface area contributed by atoms with Crippen molar-refractivity contribution in [3.63, 3.8) is 0 Å². The number of aliphatic carboxylic acids is 1. The maximum atomic E-state index is 10.9. The van der Waals surface area contributed by atoms with Gasteiger partial charge in [-0.3, -0.25) is 4.79 Å². The summed E-state index contributed by atoms with van der Waals surface area (Å²) in [6.07, 6.45) is -1.26. The van der Waals surface area contributed by atoms with Gasteiger partial charge in [-0.1, -0.05) is 6.07 Å². The number of methoxy groups -OCH3 is 1. The number of carbonyl (C=O) groups excluding carboxylic acids is 1. The van der Waals surface area contributed by atoms with Gasteiger partial charge in [0.2, 0.25) is 0 Å². The normalized spacial score (nSPS) is 11.9. The Morgan fingerprint density at radius 1 is 1.50 bits per heavy atom. The minimum atomic E-state index is -1.77. The highest BCUT2D eigenvalue weighted by Gasteiger charge is 2.24. The molecule has 0 spiro atoms. The molecule has 16 heavy (non-hydrogen) atoms. The van der Waals surface area contributed by atoms with Crippen LogP contribution in [-0.2, 0) is 4.79 Å². The maximum Gasteiger partial charge on any atom is 0.337 e. The Hall–Kier alpha value is -1.88. The van der Waals surface area contributed by atoms with Crippen LogP contribution in [0.2, 0.25) is 0 Å². The van der Waals surface area contributed by atoms with Crippen molar-refractivity contribution < 1.29 is 24.5 Å². The van der Waals surface area contributed by atoms with Crippen molar-refractivity contribution in [1.82, 2.24) is 0 Å².